The summed E-state index contributed by atoms with van der Waals surface area (Å²) in [4.78, 5) is 11.5. The minimum Gasteiger partial charge on any atom is -0.382 e. The average Bonchev–Trinajstić information content (AvgIpc) is 2.33. The van der Waals surface area contributed by atoms with Crippen molar-refractivity contribution in [3.63, 3.8) is 0 Å². The van der Waals surface area contributed by atoms with Crippen LogP contribution in [0.15, 0.2) is 0 Å². The van der Waals surface area contributed by atoms with E-state index in [-0.39, 0.29) is 11.7 Å². The maximum absolute atomic E-state index is 11.5. The van der Waals surface area contributed by atoms with E-state index in [4.69, 9.17) is 0 Å². The Bertz CT molecular complexity index is 212. The molecule has 0 aromatic rings. The maximum Gasteiger partial charge on any atom is 0.164 e. The van der Waals surface area contributed by atoms with Crippen molar-refractivity contribution in [1.82, 2.24) is 0 Å². The Labute approximate surface area is 79.3 Å². The first kappa shape index (κ1) is 9.20. The predicted molar refractivity (Wildman–Crippen MR) is 50.4 cm³/mol. The first-order chi connectivity index (χ1) is 6.23. The van der Waals surface area contributed by atoms with Gasteiger partial charge in [-0.2, -0.15) is 0 Å². The van der Waals surface area contributed by atoms with E-state index in [0.29, 0.717) is 6.42 Å². The molecule has 2 aliphatic carbocycles. The topological polar surface area (TPSA) is 37.3 Å². The zero-order valence-corrected chi connectivity index (χ0v) is 8.09. The predicted octanol–water partition coefficient (Wildman–Crippen LogP) is 2.05. The van der Waals surface area contributed by atoms with Crippen LogP contribution in [0.25, 0.3) is 0 Å². The number of carbonyl (C=O) groups is 1. The summed E-state index contributed by atoms with van der Waals surface area (Å²) in [5.74, 6) is 0.389. The van der Waals surface area contributed by atoms with Gasteiger partial charge in [0.15, 0.2) is 5.78 Å². The fourth-order valence-corrected chi connectivity index (χ4v) is 2.85. The molecule has 13 heavy (non-hydrogen) atoms. The van der Waals surface area contributed by atoms with Crippen molar-refractivity contribution in [1.29, 1.82) is 0 Å². The molecule has 2 rings (SSSR count). The average molecular weight is 182 g/mol. The molecule has 0 aromatic heterocycles. The summed E-state index contributed by atoms with van der Waals surface area (Å²) >= 11 is 0. The number of Topliss-reactive ketones (excluding diaryl/α,β-unsaturated/α-hetero) is 1. The van der Waals surface area contributed by atoms with Crippen molar-refractivity contribution in [2.24, 2.45) is 5.92 Å². The smallest absolute Gasteiger partial charge is 0.164 e. The molecule has 0 amide bonds. The summed E-state index contributed by atoms with van der Waals surface area (Å²) in [6, 6.07) is 0. The number of hydrogen-bond acceptors (Lipinski definition) is 2. The summed E-state index contributed by atoms with van der Waals surface area (Å²) < 4.78 is 0. The molecule has 2 fully saturated rings. The summed E-state index contributed by atoms with van der Waals surface area (Å²) in [6.45, 7) is 0. The highest BCUT2D eigenvalue weighted by molar-refractivity contribution is 5.89. The highest BCUT2D eigenvalue weighted by Gasteiger charge is 2.47. The van der Waals surface area contributed by atoms with Gasteiger partial charge in [-0.25, -0.2) is 0 Å². The van der Waals surface area contributed by atoms with Gasteiger partial charge in [-0.15, -0.1) is 0 Å². The van der Waals surface area contributed by atoms with Crippen molar-refractivity contribution in [2.75, 3.05) is 0 Å². The Morgan fingerprint density at radius 1 is 1.15 bits per heavy atom. The fraction of sp³-hybridized carbons (Fsp3) is 0.909. The van der Waals surface area contributed by atoms with E-state index < -0.39 is 5.60 Å². The second-order valence-electron chi connectivity index (χ2n) is 4.54. The van der Waals surface area contributed by atoms with Crippen molar-refractivity contribution in [2.45, 2.75) is 57.0 Å². The first-order valence-corrected chi connectivity index (χ1v) is 5.49. The SMILES string of the molecule is O=C1CC[C@@H]2CCCCCC[C@]12O. The van der Waals surface area contributed by atoms with Gasteiger partial charge in [0.2, 0.25) is 0 Å². The molecular weight excluding hydrogens is 164 g/mol. The fourth-order valence-electron chi connectivity index (χ4n) is 2.85. The molecule has 0 spiro atoms. The van der Waals surface area contributed by atoms with Gasteiger partial charge in [0.1, 0.15) is 5.60 Å². The Kier molecular flexibility index (Phi) is 2.41. The lowest BCUT2D eigenvalue weighted by molar-refractivity contribution is -0.138. The Morgan fingerprint density at radius 3 is 2.77 bits per heavy atom. The molecule has 2 atom stereocenters. The summed E-state index contributed by atoms with van der Waals surface area (Å²) in [5.41, 5.74) is -0.916. The quantitative estimate of drug-likeness (QED) is 0.622. The third-order valence-corrected chi connectivity index (χ3v) is 3.74. The number of hydrogen-bond donors (Lipinski definition) is 1. The molecular formula is C11H18O2. The second kappa shape index (κ2) is 3.41. The van der Waals surface area contributed by atoms with Gasteiger partial charge < -0.3 is 5.11 Å². The van der Waals surface area contributed by atoms with Crippen LogP contribution in [0.1, 0.15) is 51.4 Å². The van der Waals surface area contributed by atoms with Crippen LogP contribution < -0.4 is 0 Å². The molecule has 74 valence electrons. The van der Waals surface area contributed by atoms with Gasteiger partial charge in [0.05, 0.1) is 0 Å². The summed E-state index contributed by atoms with van der Waals surface area (Å²) in [7, 11) is 0. The van der Waals surface area contributed by atoms with E-state index in [1.165, 1.54) is 19.3 Å². The van der Waals surface area contributed by atoms with Gasteiger partial charge in [-0.1, -0.05) is 25.7 Å². The molecule has 0 aromatic carbocycles. The highest BCUT2D eigenvalue weighted by atomic mass is 16.3. The molecule has 1 N–H and O–H groups in total. The number of carbonyl (C=O) groups excluding carboxylic acids is 1. The van der Waals surface area contributed by atoms with Crippen LogP contribution in [-0.4, -0.2) is 16.5 Å². The van der Waals surface area contributed by atoms with E-state index in [9.17, 15) is 9.90 Å². The van der Waals surface area contributed by atoms with Crippen molar-refractivity contribution in [3.8, 4) is 0 Å². The number of ketones is 1. The molecule has 2 aliphatic rings. The van der Waals surface area contributed by atoms with Crippen LogP contribution in [0.2, 0.25) is 0 Å². The number of aliphatic hydroxyl groups is 1. The summed E-state index contributed by atoms with van der Waals surface area (Å²) in [6.07, 6.45) is 8.00. The van der Waals surface area contributed by atoms with Gasteiger partial charge in [0, 0.05) is 6.42 Å². The van der Waals surface area contributed by atoms with Crippen LogP contribution >= 0.6 is 0 Å². The molecule has 2 saturated carbocycles. The normalized spacial score (nSPS) is 41.0. The van der Waals surface area contributed by atoms with Gasteiger partial charge >= 0.3 is 0 Å². The molecule has 2 heteroatoms. The standard InChI is InChI=1S/C11H18O2/c12-10-7-6-9-5-3-1-2-4-8-11(9,10)13/h9,13H,1-8H2/t9-,11+/m0/s1. The third kappa shape index (κ3) is 1.52. The lowest BCUT2D eigenvalue weighted by Crippen LogP contribution is -2.40. The zero-order valence-electron chi connectivity index (χ0n) is 8.09. The Hall–Kier alpha value is -0.370. The van der Waals surface area contributed by atoms with Crippen molar-refractivity contribution < 1.29 is 9.90 Å². The number of rotatable bonds is 0. The maximum atomic E-state index is 11.5. The molecule has 0 saturated heterocycles. The van der Waals surface area contributed by atoms with Crippen LogP contribution in [0, 0.1) is 5.92 Å². The van der Waals surface area contributed by atoms with E-state index in [1.54, 1.807) is 0 Å². The molecule has 0 aliphatic heterocycles. The minimum atomic E-state index is -0.916. The van der Waals surface area contributed by atoms with Crippen LogP contribution in [-0.2, 0) is 4.79 Å². The zero-order chi connectivity index (χ0) is 9.31. The van der Waals surface area contributed by atoms with Crippen molar-refractivity contribution in [3.05, 3.63) is 0 Å². The van der Waals surface area contributed by atoms with Gasteiger partial charge in [-0.05, 0) is 25.2 Å². The van der Waals surface area contributed by atoms with E-state index >= 15 is 0 Å². The number of fused-ring (bicyclic) bond motifs is 1. The van der Waals surface area contributed by atoms with Gasteiger partial charge in [-0.3, -0.25) is 4.79 Å². The Balaban J connectivity index is 2.14. The molecule has 0 bridgehead atoms. The summed E-state index contributed by atoms with van der Waals surface area (Å²) in [5, 5.41) is 10.2. The molecule has 0 radical (unpaired) electrons. The van der Waals surface area contributed by atoms with Crippen molar-refractivity contribution >= 4 is 5.78 Å². The highest BCUT2D eigenvalue weighted by Crippen LogP contribution is 2.41. The second-order valence-corrected chi connectivity index (χ2v) is 4.54. The van der Waals surface area contributed by atoms with Crippen LogP contribution in [0.3, 0.4) is 0 Å². The molecule has 0 heterocycles. The first-order valence-electron chi connectivity index (χ1n) is 5.49. The minimum absolute atomic E-state index is 0.111. The van der Waals surface area contributed by atoms with E-state index in [2.05, 4.69) is 0 Å². The lowest BCUT2D eigenvalue weighted by atomic mass is 9.80. The lowest BCUT2D eigenvalue weighted by Gasteiger charge is -2.30. The van der Waals surface area contributed by atoms with E-state index in [1.807, 2.05) is 0 Å². The largest absolute Gasteiger partial charge is 0.382 e. The third-order valence-electron chi connectivity index (χ3n) is 3.74. The van der Waals surface area contributed by atoms with E-state index in [0.717, 1.165) is 25.7 Å². The van der Waals surface area contributed by atoms with Crippen LogP contribution in [0.5, 0.6) is 0 Å². The molecule has 0 unspecified atom stereocenters. The Morgan fingerprint density at radius 2 is 1.92 bits per heavy atom. The monoisotopic (exact) mass is 182 g/mol. The molecule has 2 nitrogen and oxygen atoms in total. The van der Waals surface area contributed by atoms with Crippen LogP contribution in [0.4, 0.5) is 0 Å². The van der Waals surface area contributed by atoms with Gasteiger partial charge in [0.25, 0.3) is 0 Å².